The van der Waals surface area contributed by atoms with Crippen LogP contribution in [0.1, 0.15) is 52.1 Å². The van der Waals surface area contributed by atoms with Gasteiger partial charge in [0.25, 0.3) is 11.8 Å². The molecule has 7 heterocycles. The summed E-state index contributed by atoms with van der Waals surface area (Å²) in [6, 6.07) is 13.6. The standard InChI is InChI=1S/C41H50N12O5/c1-47-13-18-52(41(47)58)31-3-2-12-50(25-31)34-20-43-36(37(42)55)38(45-34)44-28-4-6-29(7-5-28)49-16-14-48(15-17-49)21-26-22-51(23-26)30-8-9-32-27(19-30)24-53(40(32)57)33-10-11-35(54)46-39(33)56/h4-9,19-20,26,31,33H,2-3,10-18,21-25H2,1H3,(H2,42,55)(H,44,45)(H,46,54,56)/t31-,33?/m1/s1. The van der Waals surface area contributed by atoms with Gasteiger partial charge in [-0.1, -0.05) is 0 Å². The molecule has 0 bridgehead atoms. The average Bonchev–Trinajstić information content (AvgIpc) is 3.72. The van der Waals surface area contributed by atoms with Crippen LogP contribution in [0.25, 0.3) is 0 Å². The van der Waals surface area contributed by atoms with Gasteiger partial charge in [0.2, 0.25) is 11.8 Å². The predicted molar refractivity (Wildman–Crippen MR) is 217 cm³/mol. The molecule has 6 aliphatic heterocycles. The van der Waals surface area contributed by atoms with Crippen LogP contribution in [0.5, 0.6) is 0 Å². The van der Waals surface area contributed by atoms with Crippen LogP contribution in [-0.4, -0.2) is 150 Å². The third kappa shape index (κ3) is 7.34. The molecule has 0 aliphatic carbocycles. The molecule has 2 atom stereocenters. The van der Waals surface area contributed by atoms with Crippen molar-refractivity contribution in [2.24, 2.45) is 11.7 Å². The number of nitrogens with zero attached hydrogens (tertiary/aromatic N) is 9. The maximum absolute atomic E-state index is 13.1. The minimum Gasteiger partial charge on any atom is -0.371 e. The Bertz CT molecular complexity index is 2120. The molecule has 5 fully saturated rings. The zero-order chi connectivity index (χ0) is 40.1. The fourth-order valence-corrected chi connectivity index (χ4v) is 9.32. The number of carbonyl (C=O) groups is 5. The molecule has 2 aromatic carbocycles. The summed E-state index contributed by atoms with van der Waals surface area (Å²) >= 11 is 0. The van der Waals surface area contributed by atoms with Gasteiger partial charge in [-0.15, -0.1) is 0 Å². The highest BCUT2D eigenvalue weighted by Crippen LogP contribution is 2.34. The molecule has 1 unspecified atom stereocenters. The lowest BCUT2D eigenvalue weighted by molar-refractivity contribution is -0.136. The summed E-state index contributed by atoms with van der Waals surface area (Å²) < 4.78 is 0. The first kappa shape index (κ1) is 37.6. The minimum atomic E-state index is -0.658. The Labute approximate surface area is 337 Å². The largest absolute Gasteiger partial charge is 0.371 e. The van der Waals surface area contributed by atoms with Gasteiger partial charge in [-0.3, -0.25) is 29.4 Å². The Balaban J connectivity index is 0.753. The number of urea groups is 1. The molecule has 0 saturated carbocycles. The van der Waals surface area contributed by atoms with E-state index in [4.69, 9.17) is 10.7 Å². The van der Waals surface area contributed by atoms with Crippen LogP contribution in [0.4, 0.5) is 33.5 Å². The highest BCUT2D eigenvalue weighted by Gasteiger charge is 2.40. The maximum Gasteiger partial charge on any atom is 0.320 e. The number of nitrogens with one attached hydrogen (secondary N) is 2. The number of nitrogens with two attached hydrogens (primary N) is 1. The molecule has 17 heteroatoms. The molecule has 1 aromatic heterocycles. The van der Waals surface area contributed by atoms with Crippen LogP contribution < -0.4 is 31.1 Å². The monoisotopic (exact) mass is 790 g/mol. The zero-order valence-electron chi connectivity index (χ0n) is 32.8. The van der Waals surface area contributed by atoms with Gasteiger partial charge >= 0.3 is 6.03 Å². The van der Waals surface area contributed by atoms with Crippen LogP contribution in [0, 0.1) is 5.92 Å². The lowest BCUT2D eigenvalue weighted by atomic mass is 9.97. The fraction of sp³-hybridized carbons (Fsp3) is 0.488. The summed E-state index contributed by atoms with van der Waals surface area (Å²) in [6.45, 7) is 10.0. The summed E-state index contributed by atoms with van der Waals surface area (Å²) in [5.74, 6) is 0.0334. The number of rotatable bonds is 10. The summed E-state index contributed by atoms with van der Waals surface area (Å²) in [6.07, 6.45) is 4.06. The van der Waals surface area contributed by atoms with Gasteiger partial charge in [0.1, 0.15) is 11.9 Å². The Morgan fingerprint density at radius 1 is 0.862 bits per heavy atom. The quantitative estimate of drug-likeness (QED) is 0.253. The molecular formula is C41H50N12O5. The van der Waals surface area contributed by atoms with Gasteiger partial charge in [-0.25, -0.2) is 14.8 Å². The van der Waals surface area contributed by atoms with Crippen LogP contribution in [0.3, 0.4) is 0 Å². The average molecular weight is 791 g/mol. The van der Waals surface area contributed by atoms with E-state index in [1.165, 1.54) is 0 Å². The van der Waals surface area contributed by atoms with E-state index in [1.54, 1.807) is 16.0 Å². The SMILES string of the molecule is CN1CCN([C@@H]2CCCN(c3cnc(C(N)=O)c(Nc4ccc(N5CCN(CC6CN(c7ccc8c(c7)CN(C7CCC(=O)NC7=O)C8=O)C6)CC5)cc4)n3)C2)C1=O. The van der Waals surface area contributed by atoms with Crippen molar-refractivity contribution in [3.8, 4) is 0 Å². The van der Waals surface area contributed by atoms with Gasteiger partial charge in [-0.2, -0.15) is 0 Å². The molecule has 304 valence electrons. The molecular weight excluding hydrogens is 741 g/mol. The molecule has 58 heavy (non-hydrogen) atoms. The number of piperidine rings is 2. The third-order valence-corrected chi connectivity index (χ3v) is 12.6. The summed E-state index contributed by atoms with van der Waals surface area (Å²) in [5, 5.41) is 5.66. The number of piperazine rings is 1. The second-order valence-electron chi connectivity index (χ2n) is 16.4. The van der Waals surface area contributed by atoms with E-state index >= 15 is 0 Å². The fourth-order valence-electron chi connectivity index (χ4n) is 9.32. The van der Waals surface area contributed by atoms with E-state index in [0.29, 0.717) is 42.6 Å². The molecule has 4 N–H and O–H groups in total. The van der Waals surface area contributed by atoms with E-state index in [9.17, 15) is 24.0 Å². The molecule has 17 nitrogen and oxygen atoms in total. The van der Waals surface area contributed by atoms with E-state index in [2.05, 4.69) is 53.4 Å². The molecule has 3 aromatic rings. The van der Waals surface area contributed by atoms with Crippen molar-refractivity contribution in [3.63, 3.8) is 0 Å². The number of hydrogen-bond donors (Lipinski definition) is 3. The van der Waals surface area contributed by atoms with Crippen molar-refractivity contribution in [2.45, 2.75) is 44.3 Å². The summed E-state index contributed by atoms with van der Waals surface area (Å²) in [5.41, 5.74) is 10.4. The molecule has 0 radical (unpaired) electrons. The van der Waals surface area contributed by atoms with Crippen molar-refractivity contribution in [1.29, 1.82) is 0 Å². The maximum atomic E-state index is 13.1. The first-order chi connectivity index (χ1) is 28.1. The second kappa shape index (κ2) is 15.4. The first-order valence-electron chi connectivity index (χ1n) is 20.4. The Kier molecular flexibility index (Phi) is 9.99. The third-order valence-electron chi connectivity index (χ3n) is 12.6. The van der Waals surface area contributed by atoms with E-state index in [0.717, 1.165) is 101 Å². The number of hydrogen-bond acceptors (Lipinski definition) is 12. The molecule has 9 rings (SSSR count). The normalized spacial score (nSPS) is 23.1. The number of likely N-dealkylation sites (N-methyl/N-ethyl adjacent to an activating group) is 1. The van der Waals surface area contributed by atoms with Crippen molar-refractivity contribution in [3.05, 3.63) is 65.5 Å². The number of carbonyl (C=O) groups excluding carboxylic acids is 5. The minimum absolute atomic E-state index is 0.0639. The number of amides is 6. The van der Waals surface area contributed by atoms with Crippen molar-refractivity contribution < 1.29 is 24.0 Å². The highest BCUT2D eigenvalue weighted by molar-refractivity contribution is 6.05. The number of anilines is 5. The zero-order valence-corrected chi connectivity index (χ0v) is 32.8. The molecule has 5 saturated heterocycles. The van der Waals surface area contributed by atoms with Crippen LogP contribution in [0.15, 0.2) is 48.7 Å². The van der Waals surface area contributed by atoms with Gasteiger partial charge in [0.15, 0.2) is 11.5 Å². The molecule has 0 spiro atoms. The van der Waals surface area contributed by atoms with Crippen LogP contribution >= 0.6 is 0 Å². The topological polar surface area (TPSA) is 184 Å². The second-order valence-corrected chi connectivity index (χ2v) is 16.4. The lowest BCUT2D eigenvalue weighted by Crippen LogP contribution is -2.55. The summed E-state index contributed by atoms with van der Waals surface area (Å²) in [7, 11) is 1.83. The van der Waals surface area contributed by atoms with Crippen molar-refractivity contribution in [2.75, 3.05) is 99.1 Å². The highest BCUT2D eigenvalue weighted by atomic mass is 16.2. The van der Waals surface area contributed by atoms with Gasteiger partial charge in [-0.05, 0) is 67.3 Å². The number of fused-ring (bicyclic) bond motifs is 1. The van der Waals surface area contributed by atoms with Crippen molar-refractivity contribution in [1.82, 2.24) is 34.9 Å². The van der Waals surface area contributed by atoms with E-state index in [-0.39, 0.29) is 41.9 Å². The Hall–Kier alpha value is -5.97. The van der Waals surface area contributed by atoms with Crippen LogP contribution in [-0.2, 0) is 16.1 Å². The first-order valence-corrected chi connectivity index (χ1v) is 20.4. The number of aromatic nitrogens is 2. The number of imide groups is 1. The van der Waals surface area contributed by atoms with Crippen molar-refractivity contribution >= 4 is 58.4 Å². The van der Waals surface area contributed by atoms with Gasteiger partial charge < -0.3 is 40.4 Å². The lowest BCUT2D eigenvalue weighted by Gasteiger charge is -2.45. The predicted octanol–water partition coefficient (Wildman–Crippen LogP) is 1.67. The van der Waals surface area contributed by atoms with Gasteiger partial charge in [0.05, 0.1) is 12.2 Å². The smallest absolute Gasteiger partial charge is 0.320 e. The molecule has 6 amide bonds. The van der Waals surface area contributed by atoms with E-state index in [1.807, 2.05) is 36.2 Å². The summed E-state index contributed by atoms with van der Waals surface area (Å²) in [4.78, 5) is 86.1. The Morgan fingerprint density at radius 3 is 2.36 bits per heavy atom. The number of benzene rings is 2. The van der Waals surface area contributed by atoms with Crippen LogP contribution in [0.2, 0.25) is 0 Å². The molecule has 6 aliphatic rings. The van der Waals surface area contributed by atoms with E-state index < -0.39 is 11.9 Å². The number of primary amides is 1. The Morgan fingerprint density at radius 2 is 1.64 bits per heavy atom. The van der Waals surface area contributed by atoms with Gasteiger partial charge in [0, 0.05) is 121 Å².